The molecule has 21 heavy (non-hydrogen) atoms. The van der Waals surface area contributed by atoms with Crippen molar-refractivity contribution in [2.75, 3.05) is 12.0 Å². The summed E-state index contributed by atoms with van der Waals surface area (Å²) in [7, 11) is 0. The van der Waals surface area contributed by atoms with Gasteiger partial charge in [0.05, 0.1) is 11.3 Å². The Labute approximate surface area is 120 Å². The molecule has 2 rings (SSSR count). The highest BCUT2D eigenvalue weighted by Gasteiger charge is 2.10. The van der Waals surface area contributed by atoms with Crippen LogP contribution in [0.15, 0.2) is 36.7 Å². The lowest BCUT2D eigenvalue weighted by molar-refractivity contribution is 0.0954. The molecule has 1 heterocycles. The number of amides is 1. The summed E-state index contributed by atoms with van der Waals surface area (Å²) < 4.78 is 26.0. The molecule has 0 aliphatic carbocycles. The number of anilines is 1. The van der Waals surface area contributed by atoms with Crippen molar-refractivity contribution in [2.24, 2.45) is 5.84 Å². The normalized spacial score (nSPS) is 10.2. The average Bonchev–Trinajstić information content (AvgIpc) is 2.46. The number of hydrazine groups is 1. The Morgan fingerprint density at radius 2 is 1.95 bits per heavy atom. The molecule has 0 saturated heterocycles. The minimum absolute atomic E-state index is 0.237. The molecule has 2 aromatic rings. The Morgan fingerprint density at radius 3 is 2.62 bits per heavy atom. The van der Waals surface area contributed by atoms with Crippen molar-refractivity contribution in [1.82, 2.24) is 10.3 Å². The number of halogens is 2. The lowest BCUT2D eigenvalue weighted by Crippen LogP contribution is -2.27. The summed E-state index contributed by atoms with van der Waals surface area (Å²) in [4.78, 5) is 15.8. The number of carbonyl (C=O) groups excluding carboxylic acids is 1. The number of pyridine rings is 1. The quantitative estimate of drug-likeness (QED) is 0.578. The van der Waals surface area contributed by atoms with Gasteiger partial charge in [-0.3, -0.25) is 15.6 Å². The zero-order valence-electron chi connectivity index (χ0n) is 11.1. The maximum Gasteiger partial charge on any atom is 0.255 e. The predicted octanol–water partition coefficient (Wildman–Crippen LogP) is 1.62. The molecule has 110 valence electrons. The predicted molar refractivity (Wildman–Crippen MR) is 74.4 cm³/mol. The van der Waals surface area contributed by atoms with Gasteiger partial charge in [0, 0.05) is 25.0 Å². The van der Waals surface area contributed by atoms with E-state index in [1.54, 1.807) is 6.07 Å². The molecule has 1 aromatic heterocycles. The van der Waals surface area contributed by atoms with E-state index in [1.807, 2.05) is 0 Å². The van der Waals surface area contributed by atoms with Gasteiger partial charge in [-0.15, -0.1) is 0 Å². The maximum absolute atomic E-state index is 13.0. The van der Waals surface area contributed by atoms with Gasteiger partial charge in [-0.05, 0) is 30.2 Å². The van der Waals surface area contributed by atoms with Gasteiger partial charge >= 0.3 is 0 Å². The number of nitrogens with zero attached hydrogens (tertiary/aromatic N) is 1. The second-order valence-corrected chi connectivity index (χ2v) is 4.35. The van der Waals surface area contributed by atoms with Crippen LogP contribution in [0, 0.1) is 11.6 Å². The molecule has 0 saturated carbocycles. The third kappa shape index (κ3) is 3.96. The number of nitrogens with one attached hydrogen (secondary N) is 2. The van der Waals surface area contributed by atoms with Gasteiger partial charge in [-0.2, -0.15) is 0 Å². The molecule has 1 aromatic carbocycles. The van der Waals surface area contributed by atoms with Crippen LogP contribution in [-0.2, 0) is 6.42 Å². The molecule has 4 N–H and O–H groups in total. The fraction of sp³-hybridized carbons (Fsp3) is 0.143. The molecule has 0 unspecified atom stereocenters. The van der Waals surface area contributed by atoms with E-state index in [0.29, 0.717) is 23.2 Å². The lowest BCUT2D eigenvalue weighted by Gasteiger charge is -2.09. The zero-order chi connectivity index (χ0) is 15.2. The van der Waals surface area contributed by atoms with E-state index in [0.717, 1.165) is 6.07 Å². The van der Waals surface area contributed by atoms with Crippen LogP contribution < -0.4 is 16.6 Å². The zero-order valence-corrected chi connectivity index (χ0v) is 11.1. The fourth-order valence-electron chi connectivity index (χ4n) is 1.87. The van der Waals surface area contributed by atoms with E-state index in [1.165, 1.54) is 24.5 Å². The first-order chi connectivity index (χ1) is 10.1. The molecule has 0 spiro atoms. The summed E-state index contributed by atoms with van der Waals surface area (Å²) in [5.41, 5.74) is 3.61. The number of rotatable bonds is 5. The van der Waals surface area contributed by atoms with Crippen molar-refractivity contribution in [3.8, 4) is 0 Å². The van der Waals surface area contributed by atoms with Crippen LogP contribution in [0.5, 0.6) is 0 Å². The second-order valence-electron chi connectivity index (χ2n) is 4.35. The van der Waals surface area contributed by atoms with Gasteiger partial charge in [0.25, 0.3) is 5.91 Å². The van der Waals surface area contributed by atoms with Crippen molar-refractivity contribution < 1.29 is 13.6 Å². The van der Waals surface area contributed by atoms with Crippen LogP contribution in [0.4, 0.5) is 14.5 Å². The number of hydrogen-bond acceptors (Lipinski definition) is 4. The highest BCUT2D eigenvalue weighted by atomic mass is 19.1. The van der Waals surface area contributed by atoms with E-state index < -0.39 is 11.6 Å². The maximum atomic E-state index is 13.0. The average molecular weight is 292 g/mol. The minimum atomic E-state index is -0.641. The summed E-state index contributed by atoms with van der Waals surface area (Å²) in [5.74, 6) is 3.65. The standard InChI is InChI=1S/C14H14F2N4O/c15-10-5-9(6-11(16)7-10)1-4-19-14(21)12-8-18-3-2-13(12)20-17/h2-3,5-8H,1,4,17H2,(H,18,20)(H,19,21). The largest absolute Gasteiger partial charge is 0.352 e. The summed E-state index contributed by atoms with van der Waals surface area (Å²) in [6, 6.07) is 4.83. The minimum Gasteiger partial charge on any atom is -0.352 e. The third-order valence-corrected chi connectivity index (χ3v) is 2.84. The first-order valence-electron chi connectivity index (χ1n) is 6.24. The first kappa shape index (κ1) is 14.9. The first-order valence-corrected chi connectivity index (χ1v) is 6.24. The topological polar surface area (TPSA) is 80.0 Å². The molecule has 0 radical (unpaired) electrons. The van der Waals surface area contributed by atoms with E-state index in [9.17, 15) is 13.6 Å². The fourth-order valence-corrected chi connectivity index (χ4v) is 1.87. The summed E-state index contributed by atoms with van der Waals surface area (Å²) in [5, 5.41) is 2.64. The summed E-state index contributed by atoms with van der Waals surface area (Å²) in [6.07, 6.45) is 3.19. The van der Waals surface area contributed by atoms with Crippen molar-refractivity contribution in [3.63, 3.8) is 0 Å². The smallest absolute Gasteiger partial charge is 0.255 e. The van der Waals surface area contributed by atoms with Crippen LogP contribution >= 0.6 is 0 Å². The monoisotopic (exact) mass is 292 g/mol. The molecule has 7 heteroatoms. The SMILES string of the molecule is NNc1ccncc1C(=O)NCCc1cc(F)cc(F)c1. The molecule has 0 atom stereocenters. The van der Waals surface area contributed by atoms with E-state index >= 15 is 0 Å². The van der Waals surface area contributed by atoms with Gasteiger partial charge in [0.1, 0.15) is 11.6 Å². The van der Waals surface area contributed by atoms with Crippen molar-refractivity contribution in [3.05, 3.63) is 59.4 Å². The summed E-state index contributed by atoms with van der Waals surface area (Å²) >= 11 is 0. The number of benzene rings is 1. The third-order valence-electron chi connectivity index (χ3n) is 2.84. The van der Waals surface area contributed by atoms with Gasteiger partial charge < -0.3 is 10.7 Å². The highest BCUT2D eigenvalue weighted by molar-refractivity contribution is 5.99. The number of carbonyl (C=O) groups is 1. The molecule has 0 bridgehead atoms. The molecule has 1 amide bonds. The molecule has 0 fully saturated rings. The molecular formula is C14H14F2N4O. The Morgan fingerprint density at radius 1 is 1.24 bits per heavy atom. The van der Waals surface area contributed by atoms with Crippen LogP contribution in [0.25, 0.3) is 0 Å². The van der Waals surface area contributed by atoms with Crippen molar-refractivity contribution in [1.29, 1.82) is 0 Å². The highest BCUT2D eigenvalue weighted by Crippen LogP contribution is 2.12. The van der Waals surface area contributed by atoms with Crippen molar-refractivity contribution >= 4 is 11.6 Å². The molecule has 0 aliphatic heterocycles. The Bertz CT molecular complexity index is 628. The van der Waals surface area contributed by atoms with Gasteiger partial charge in [0.15, 0.2) is 0 Å². The Balaban J connectivity index is 1.95. The van der Waals surface area contributed by atoms with Gasteiger partial charge in [-0.1, -0.05) is 0 Å². The van der Waals surface area contributed by atoms with Crippen LogP contribution in [0.2, 0.25) is 0 Å². The lowest BCUT2D eigenvalue weighted by atomic mass is 10.1. The summed E-state index contributed by atoms with van der Waals surface area (Å²) in [6.45, 7) is 0.237. The van der Waals surface area contributed by atoms with Crippen molar-refractivity contribution in [2.45, 2.75) is 6.42 Å². The van der Waals surface area contributed by atoms with Crippen LogP contribution in [0.1, 0.15) is 15.9 Å². The molecular weight excluding hydrogens is 278 g/mol. The van der Waals surface area contributed by atoms with E-state index in [4.69, 9.17) is 5.84 Å². The second kappa shape index (κ2) is 6.76. The van der Waals surface area contributed by atoms with Crippen LogP contribution in [0.3, 0.4) is 0 Å². The Kier molecular flexibility index (Phi) is 4.78. The van der Waals surface area contributed by atoms with E-state index in [-0.39, 0.29) is 12.5 Å². The molecule has 0 aliphatic rings. The van der Waals surface area contributed by atoms with Gasteiger partial charge in [0.2, 0.25) is 0 Å². The van der Waals surface area contributed by atoms with Crippen LogP contribution in [-0.4, -0.2) is 17.4 Å². The van der Waals surface area contributed by atoms with E-state index in [2.05, 4.69) is 15.7 Å². The molecule has 5 nitrogen and oxygen atoms in total. The number of aromatic nitrogens is 1. The number of nitrogen functional groups attached to an aromatic ring is 1. The Hall–Kier alpha value is -2.54. The number of hydrogen-bond donors (Lipinski definition) is 3. The van der Waals surface area contributed by atoms with Gasteiger partial charge in [-0.25, -0.2) is 8.78 Å². The number of nitrogens with two attached hydrogens (primary N) is 1.